The van der Waals surface area contributed by atoms with Crippen LogP contribution >= 0.6 is 0 Å². The smallest absolute Gasteiger partial charge is 0.339 e. The summed E-state index contributed by atoms with van der Waals surface area (Å²) in [5.41, 5.74) is 2.12. The van der Waals surface area contributed by atoms with Gasteiger partial charge in [-0.3, -0.25) is 0 Å². The second-order valence-electron chi connectivity index (χ2n) is 7.50. The highest BCUT2D eigenvalue weighted by Gasteiger charge is 2.38. The van der Waals surface area contributed by atoms with E-state index < -0.39 is 17.8 Å². The van der Waals surface area contributed by atoms with Crippen LogP contribution in [-0.4, -0.2) is 32.5 Å². The van der Waals surface area contributed by atoms with Crippen molar-refractivity contribution in [1.82, 2.24) is 0 Å². The normalized spacial score (nSPS) is 23.6. The van der Waals surface area contributed by atoms with Gasteiger partial charge >= 0.3 is 5.97 Å². The first-order valence-corrected chi connectivity index (χ1v) is 8.78. The third-order valence-electron chi connectivity index (χ3n) is 5.22. The molecule has 0 radical (unpaired) electrons. The number of aromatic carboxylic acids is 1. The van der Waals surface area contributed by atoms with E-state index in [0.717, 1.165) is 12.8 Å². The van der Waals surface area contributed by atoms with E-state index in [4.69, 9.17) is 0 Å². The Balaban J connectivity index is 2.49. The topological polar surface area (TPSA) is 98.0 Å². The third-order valence-corrected chi connectivity index (χ3v) is 5.22. The highest BCUT2D eigenvalue weighted by molar-refractivity contribution is 5.92. The Bertz CT molecular complexity index is 688. The number of aromatic hydroxyl groups is 2. The Labute approximate surface area is 148 Å². The molecule has 0 unspecified atom stereocenters. The van der Waals surface area contributed by atoms with Crippen LogP contribution < -0.4 is 0 Å². The van der Waals surface area contributed by atoms with Crippen LogP contribution in [0.25, 0.3) is 0 Å². The summed E-state index contributed by atoms with van der Waals surface area (Å²) in [4.78, 5) is 11.4. The SMILES string of the molecule is CC(C)=CCC[C@H](C)[C@H]1c2cc(C(=O)O)c(O)c(O)c2[C@H](C)C[C@@H]1O. The first-order chi connectivity index (χ1) is 11.6. The number of hydrogen-bond acceptors (Lipinski definition) is 4. The van der Waals surface area contributed by atoms with Gasteiger partial charge in [0.2, 0.25) is 0 Å². The molecule has 0 spiro atoms. The van der Waals surface area contributed by atoms with Gasteiger partial charge in [-0.15, -0.1) is 0 Å². The van der Waals surface area contributed by atoms with Crippen molar-refractivity contribution in [3.63, 3.8) is 0 Å². The van der Waals surface area contributed by atoms with Crippen LogP contribution in [0.1, 0.15) is 80.3 Å². The molecule has 4 N–H and O–H groups in total. The highest BCUT2D eigenvalue weighted by atomic mass is 16.4. The molecule has 138 valence electrons. The van der Waals surface area contributed by atoms with Crippen molar-refractivity contribution < 1.29 is 25.2 Å². The summed E-state index contributed by atoms with van der Waals surface area (Å²) in [6, 6.07) is 1.42. The summed E-state index contributed by atoms with van der Waals surface area (Å²) in [6.45, 7) is 7.98. The van der Waals surface area contributed by atoms with Crippen LogP contribution in [-0.2, 0) is 0 Å². The molecule has 1 aromatic rings. The zero-order valence-corrected chi connectivity index (χ0v) is 15.3. The summed E-state index contributed by atoms with van der Waals surface area (Å²) < 4.78 is 0. The number of aliphatic hydroxyl groups is 1. The van der Waals surface area contributed by atoms with Gasteiger partial charge in [-0.1, -0.05) is 25.5 Å². The number of phenols is 2. The average Bonchev–Trinajstić information content (AvgIpc) is 2.49. The van der Waals surface area contributed by atoms with Crippen molar-refractivity contribution in [2.45, 2.75) is 64.9 Å². The molecule has 2 rings (SSSR count). The molecule has 0 aliphatic heterocycles. The quantitative estimate of drug-likeness (QED) is 0.474. The second kappa shape index (κ2) is 7.48. The molecule has 0 aromatic heterocycles. The number of carboxylic acids is 1. The minimum Gasteiger partial charge on any atom is -0.504 e. The maximum atomic E-state index is 11.4. The Morgan fingerprint density at radius 1 is 1.32 bits per heavy atom. The molecule has 0 amide bonds. The fraction of sp³-hybridized carbons (Fsp3) is 0.550. The van der Waals surface area contributed by atoms with Crippen molar-refractivity contribution in [2.24, 2.45) is 5.92 Å². The number of hydrogen-bond donors (Lipinski definition) is 4. The number of benzene rings is 1. The van der Waals surface area contributed by atoms with Crippen molar-refractivity contribution >= 4 is 5.97 Å². The highest BCUT2D eigenvalue weighted by Crippen LogP contribution is 2.50. The first-order valence-electron chi connectivity index (χ1n) is 8.78. The Morgan fingerprint density at radius 2 is 1.96 bits per heavy atom. The van der Waals surface area contributed by atoms with Crippen molar-refractivity contribution in [3.8, 4) is 11.5 Å². The lowest BCUT2D eigenvalue weighted by Crippen LogP contribution is -2.32. The van der Waals surface area contributed by atoms with Crippen LogP contribution in [0.2, 0.25) is 0 Å². The van der Waals surface area contributed by atoms with Crippen molar-refractivity contribution in [1.29, 1.82) is 0 Å². The second-order valence-corrected chi connectivity index (χ2v) is 7.50. The van der Waals surface area contributed by atoms with E-state index in [1.54, 1.807) is 0 Å². The zero-order valence-electron chi connectivity index (χ0n) is 15.3. The average molecular weight is 348 g/mol. The monoisotopic (exact) mass is 348 g/mol. The van der Waals surface area contributed by atoms with E-state index in [-0.39, 0.29) is 29.1 Å². The van der Waals surface area contributed by atoms with E-state index in [1.807, 2.05) is 27.7 Å². The minimum atomic E-state index is -1.29. The molecule has 25 heavy (non-hydrogen) atoms. The predicted molar refractivity (Wildman–Crippen MR) is 96.3 cm³/mol. The summed E-state index contributed by atoms with van der Waals surface area (Å²) in [6.07, 6.45) is 3.75. The van der Waals surface area contributed by atoms with Crippen molar-refractivity contribution in [3.05, 3.63) is 34.4 Å². The number of allylic oxidation sites excluding steroid dienone is 2. The number of rotatable bonds is 5. The maximum Gasteiger partial charge on any atom is 0.339 e. The lowest BCUT2D eigenvalue weighted by molar-refractivity contribution is 0.0688. The lowest BCUT2D eigenvalue weighted by Gasteiger charge is -2.38. The summed E-state index contributed by atoms with van der Waals surface area (Å²) in [7, 11) is 0. The van der Waals surface area contributed by atoms with Crippen LogP contribution in [0.5, 0.6) is 11.5 Å². The summed E-state index contributed by atoms with van der Waals surface area (Å²) >= 11 is 0. The Hall–Kier alpha value is -2.01. The molecule has 5 heteroatoms. The number of carbonyl (C=O) groups is 1. The molecular formula is C20H28O5. The Kier molecular flexibility index (Phi) is 5.78. The van der Waals surface area contributed by atoms with Gasteiger partial charge in [-0.05, 0) is 56.6 Å². The van der Waals surface area contributed by atoms with Crippen LogP contribution in [0, 0.1) is 5.92 Å². The molecule has 0 saturated heterocycles. The van der Waals surface area contributed by atoms with Crippen LogP contribution in [0.15, 0.2) is 17.7 Å². The van der Waals surface area contributed by atoms with E-state index in [2.05, 4.69) is 6.08 Å². The molecule has 1 aliphatic carbocycles. The van der Waals surface area contributed by atoms with Crippen LogP contribution in [0.4, 0.5) is 0 Å². The summed E-state index contributed by atoms with van der Waals surface area (Å²) in [5.74, 6) is -2.55. The number of phenolic OH excluding ortho intramolecular Hbond substituents is 1. The van der Waals surface area contributed by atoms with Gasteiger partial charge in [0.1, 0.15) is 5.56 Å². The molecule has 0 heterocycles. The molecule has 0 bridgehead atoms. The van der Waals surface area contributed by atoms with E-state index in [0.29, 0.717) is 17.5 Å². The van der Waals surface area contributed by atoms with Gasteiger partial charge in [0.05, 0.1) is 6.10 Å². The molecule has 5 nitrogen and oxygen atoms in total. The largest absolute Gasteiger partial charge is 0.504 e. The molecule has 0 fully saturated rings. The standard InChI is InChI=1S/C20H28O5/c1-10(2)6-5-7-11(3)16-13-9-14(20(24)25)18(22)19(23)17(13)12(4)8-15(16)21/h6,9,11-12,15-16,21-23H,5,7-8H2,1-4H3,(H,24,25)/t11-,12+,15-,16-/m0/s1. The predicted octanol–water partition coefficient (Wildman–Crippen LogP) is 4.13. The third kappa shape index (κ3) is 3.82. The summed E-state index contributed by atoms with van der Waals surface area (Å²) in [5, 5.41) is 40.4. The van der Waals surface area contributed by atoms with Gasteiger partial charge in [-0.25, -0.2) is 4.79 Å². The molecular weight excluding hydrogens is 320 g/mol. The first kappa shape index (κ1) is 19.3. The van der Waals surface area contributed by atoms with Gasteiger partial charge in [-0.2, -0.15) is 0 Å². The molecule has 1 aliphatic rings. The Morgan fingerprint density at radius 3 is 2.52 bits per heavy atom. The number of aliphatic hydroxyl groups excluding tert-OH is 1. The fourth-order valence-electron chi connectivity index (χ4n) is 3.98. The van der Waals surface area contributed by atoms with Gasteiger partial charge in [0, 0.05) is 11.5 Å². The number of carboxylic acid groups (broad SMARTS) is 1. The van der Waals surface area contributed by atoms with E-state index in [1.165, 1.54) is 11.6 Å². The number of fused-ring (bicyclic) bond motifs is 1. The van der Waals surface area contributed by atoms with E-state index in [9.17, 15) is 25.2 Å². The zero-order chi connectivity index (χ0) is 18.9. The van der Waals surface area contributed by atoms with Gasteiger partial charge in [0.25, 0.3) is 0 Å². The maximum absolute atomic E-state index is 11.4. The van der Waals surface area contributed by atoms with Gasteiger partial charge in [0.15, 0.2) is 11.5 Å². The minimum absolute atomic E-state index is 0.113. The van der Waals surface area contributed by atoms with Crippen molar-refractivity contribution in [2.75, 3.05) is 0 Å². The molecule has 4 atom stereocenters. The van der Waals surface area contributed by atoms with E-state index >= 15 is 0 Å². The fourth-order valence-corrected chi connectivity index (χ4v) is 3.98. The van der Waals surface area contributed by atoms with Gasteiger partial charge < -0.3 is 20.4 Å². The van der Waals surface area contributed by atoms with Crippen LogP contribution in [0.3, 0.4) is 0 Å². The lowest BCUT2D eigenvalue weighted by atomic mass is 9.69. The molecule has 0 saturated carbocycles. The molecule has 1 aromatic carbocycles.